The van der Waals surface area contributed by atoms with Crippen LogP contribution < -0.4 is 10.2 Å². The van der Waals surface area contributed by atoms with Crippen molar-refractivity contribution in [2.75, 3.05) is 11.4 Å². The number of aromatic nitrogens is 4. The van der Waals surface area contributed by atoms with Crippen LogP contribution in [0, 0.1) is 0 Å². The number of nitrogens with zero attached hydrogens (tertiary/aromatic N) is 5. The molecule has 2 aromatic rings. The number of hydrogen-bond acceptors (Lipinski definition) is 5. The highest BCUT2D eigenvalue weighted by Gasteiger charge is 2.21. The van der Waals surface area contributed by atoms with Gasteiger partial charge < -0.3 is 14.8 Å². The van der Waals surface area contributed by atoms with Crippen LogP contribution in [0.5, 0.6) is 0 Å². The molecular weight excluding hydrogens is 264 g/mol. The first-order valence-electron chi connectivity index (χ1n) is 7.33. The Morgan fingerprint density at radius 3 is 2.95 bits per heavy atom. The summed E-state index contributed by atoms with van der Waals surface area (Å²) >= 11 is 0. The molecular formula is C15H22N6. The van der Waals surface area contributed by atoms with Gasteiger partial charge in [0.25, 0.3) is 0 Å². The van der Waals surface area contributed by atoms with Gasteiger partial charge in [0, 0.05) is 36.9 Å². The number of hydrogen-bond donors (Lipinski definition) is 1. The van der Waals surface area contributed by atoms with Crippen molar-refractivity contribution in [3.63, 3.8) is 0 Å². The second-order valence-electron chi connectivity index (χ2n) is 6.45. The Balaban J connectivity index is 1.79. The van der Waals surface area contributed by atoms with Gasteiger partial charge in [0.05, 0.1) is 6.54 Å². The molecule has 2 aromatic heterocycles. The zero-order chi connectivity index (χ0) is 14.9. The first-order valence-corrected chi connectivity index (χ1v) is 7.33. The minimum atomic E-state index is 0.0924. The molecule has 0 aromatic carbocycles. The fourth-order valence-electron chi connectivity index (χ4n) is 2.46. The predicted molar refractivity (Wildman–Crippen MR) is 81.9 cm³/mol. The Hall–Kier alpha value is -1.95. The minimum absolute atomic E-state index is 0.0924. The normalized spacial score (nSPS) is 15.1. The van der Waals surface area contributed by atoms with Crippen molar-refractivity contribution in [1.29, 1.82) is 0 Å². The Labute approximate surface area is 125 Å². The van der Waals surface area contributed by atoms with E-state index in [2.05, 4.69) is 56.8 Å². The Bertz CT molecular complexity index is 613. The van der Waals surface area contributed by atoms with E-state index in [0.717, 1.165) is 37.8 Å². The standard InChI is InChI=1S/C15H22N6/c1-15(2,3)17-9-12-5-4-6-16-14(12)20-7-8-21-11-18-19-13(21)10-20/h4-6,11,17H,7-10H2,1-3H3. The molecule has 0 saturated carbocycles. The molecule has 0 fully saturated rings. The van der Waals surface area contributed by atoms with Gasteiger partial charge in [0.1, 0.15) is 12.1 Å². The summed E-state index contributed by atoms with van der Waals surface area (Å²) in [5.41, 5.74) is 1.32. The van der Waals surface area contributed by atoms with E-state index >= 15 is 0 Å². The molecule has 0 aliphatic carbocycles. The van der Waals surface area contributed by atoms with Crippen molar-refractivity contribution >= 4 is 5.82 Å². The average Bonchev–Trinajstić information content (AvgIpc) is 2.92. The summed E-state index contributed by atoms with van der Waals surface area (Å²) < 4.78 is 2.10. The first kappa shape index (κ1) is 14.0. The van der Waals surface area contributed by atoms with Gasteiger partial charge >= 0.3 is 0 Å². The zero-order valence-electron chi connectivity index (χ0n) is 12.9. The summed E-state index contributed by atoms with van der Waals surface area (Å²) in [7, 11) is 0. The summed E-state index contributed by atoms with van der Waals surface area (Å²) in [6.45, 7) is 9.94. The van der Waals surface area contributed by atoms with Gasteiger partial charge in [0.2, 0.25) is 0 Å². The molecule has 0 radical (unpaired) electrons. The van der Waals surface area contributed by atoms with Crippen LogP contribution in [-0.4, -0.2) is 31.8 Å². The molecule has 0 saturated heterocycles. The van der Waals surface area contributed by atoms with E-state index in [0.29, 0.717) is 0 Å². The maximum atomic E-state index is 4.59. The number of pyridine rings is 1. The molecule has 0 bridgehead atoms. The third-order valence-corrected chi connectivity index (χ3v) is 3.62. The van der Waals surface area contributed by atoms with Gasteiger partial charge in [-0.15, -0.1) is 10.2 Å². The molecule has 0 atom stereocenters. The summed E-state index contributed by atoms with van der Waals surface area (Å²) in [5.74, 6) is 2.05. The maximum absolute atomic E-state index is 4.59. The van der Waals surface area contributed by atoms with Gasteiger partial charge in [-0.2, -0.15) is 0 Å². The van der Waals surface area contributed by atoms with E-state index in [9.17, 15) is 0 Å². The van der Waals surface area contributed by atoms with Gasteiger partial charge in [-0.1, -0.05) is 6.07 Å². The summed E-state index contributed by atoms with van der Waals surface area (Å²) in [6.07, 6.45) is 3.66. The van der Waals surface area contributed by atoms with E-state index in [1.54, 1.807) is 6.33 Å². The Morgan fingerprint density at radius 1 is 1.29 bits per heavy atom. The molecule has 6 nitrogen and oxygen atoms in total. The first-order chi connectivity index (χ1) is 10.0. The lowest BCUT2D eigenvalue weighted by molar-refractivity contribution is 0.423. The molecule has 112 valence electrons. The molecule has 1 aliphatic heterocycles. The molecule has 0 unspecified atom stereocenters. The molecule has 0 amide bonds. The maximum Gasteiger partial charge on any atom is 0.152 e. The average molecular weight is 286 g/mol. The highest BCUT2D eigenvalue weighted by Crippen LogP contribution is 2.22. The van der Waals surface area contributed by atoms with Gasteiger partial charge in [0.15, 0.2) is 5.82 Å². The lowest BCUT2D eigenvalue weighted by Crippen LogP contribution is -2.37. The smallest absolute Gasteiger partial charge is 0.152 e. The van der Waals surface area contributed by atoms with Crippen LogP contribution in [-0.2, 0) is 19.6 Å². The van der Waals surface area contributed by atoms with E-state index in [1.165, 1.54) is 5.56 Å². The number of fused-ring (bicyclic) bond motifs is 1. The number of anilines is 1. The van der Waals surface area contributed by atoms with E-state index in [1.807, 2.05) is 12.3 Å². The van der Waals surface area contributed by atoms with Crippen molar-refractivity contribution in [2.24, 2.45) is 0 Å². The quantitative estimate of drug-likeness (QED) is 0.928. The summed E-state index contributed by atoms with van der Waals surface area (Å²) in [4.78, 5) is 6.87. The van der Waals surface area contributed by atoms with Gasteiger partial charge in [-0.25, -0.2) is 4.98 Å². The number of rotatable bonds is 3. The minimum Gasteiger partial charge on any atom is -0.347 e. The van der Waals surface area contributed by atoms with Gasteiger partial charge in [-0.05, 0) is 26.8 Å². The van der Waals surface area contributed by atoms with Crippen molar-refractivity contribution in [3.05, 3.63) is 36.0 Å². The van der Waals surface area contributed by atoms with E-state index in [4.69, 9.17) is 0 Å². The van der Waals surface area contributed by atoms with Crippen LogP contribution in [0.4, 0.5) is 5.82 Å². The summed E-state index contributed by atoms with van der Waals surface area (Å²) in [6, 6.07) is 4.13. The molecule has 0 spiro atoms. The Kier molecular flexibility index (Phi) is 3.63. The van der Waals surface area contributed by atoms with E-state index in [-0.39, 0.29) is 5.54 Å². The van der Waals surface area contributed by atoms with Crippen molar-refractivity contribution in [1.82, 2.24) is 25.1 Å². The molecule has 21 heavy (non-hydrogen) atoms. The predicted octanol–water partition coefficient (Wildman–Crippen LogP) is 1.58. The topological polar surface area (TPSA) is 58.9 Å². The van der Waals surface area contributed by atoms with Crippen molar-refractivity contribution < 1.29 is 0 Å². The molecule has 1 N–H and O–H groups in total. The molecule has 6 heteroatoms. The van der Waals surface area contributed by atoms with Crippen molar-refractivity contribution in [3.8, 4) is 0 Å². The second kappa shape index (κ2) is 5.44. The Morgan fingerprint density at radius 2 is 2.14 bits per heavy atom. The van der Waals surface area contributed by atoms with Crippen LogP contribution >= 0.6 is 0 Å². The highest BCUT2D eigenvalue weighted by molar-refractivity contribution is 5.47. The number of nitrogens with one attached hydrogen (secondary N) is 1. The zero-order valence-corrected chi connectivity index (χ0v) is 12.9. The lowest BCUT2D eigenvalue weighted by atomic mass is 10.1. The fourth-order valence-corrected chi connectivity index (χ4v) is 2.46. The van der Waals surface area contributed by atoms with Crippen LogP contribution in [0.25, 0.3) is 0 Å². The largest absolute Gasteiger partial charge is 0.347 e. The van der Waals surface area contributed by atoms with Crippen LogP contribution in [0.2, 0.25) is 0 Å². The molecule has 3 heterocycles. The summed E-state index contributed by atoms with van der Waals surface area (Å²) in [5, 5.41) is 11.7. The second-order valence-corrected chi connectivity index (χ2v) is 6.45. The SMILES string of the molecule is CC(C)(C)NCc1cccnc1N1CCn2cnnc2C1. The lowest BCUT2D eigenvalue weighted by Gasteiger charge is -2.30. The third-order valence-electron chi connectivity index (χ3n) is 3.62. The monoisotopic (exact) mass is 286 g/mol. The van der Waals surface area contributed by atoms with Gasteiger partial charge in [-0.3, -0.25) is 0 Å². The van der Waals surface area contributed by atoms with Crippen LogP contribution in [0.3, 0.4) is 0 Å². The molecule has 3 rings (SSSR count). The van der Waals surface area contributed by atoms with Crippen LogP contribution in [0.15, 0.2) is 24.7 Å². The van der Waals surface area contributed by atoms with E-state index < -0.39 is 0 Å². The van der Waals surface area contributed by atoms with Crippen LogP contribution in [0.1, 0.15) is 32.2 Å². The fraction of sp³-hybridized carbons (Fsp3) is 0.533. The molecule has 1 aliphatic rings. The third kappa shape index (κ3) is 3.21. The van der Waals surface area contributed by atoms with Crippen molar-refractivity contribution in [2.45, 2.75) is 45.9 Å². The highest BCUT2D eigenvalue weighted by atomic mass is 15.3.